The molecule has 1 heterocycles. The van der Waals surface area contributed by atoms with E-state index in [2.05, 4.69) is 51.3 Å². The first-order valence-electron chi connectivity index (χ1n) is 7.00. The summed E-state index contributed by atoms with van der Waals surface area (Å²) in [6.07, 6.45) is -0.712. The molecule has 0 N–H and O–H groups in total. The van der Waals surface area contributed by atoms with Crippen LogP contribution in [0.2, 0.25) is 0 Å². The molecule has 1 saturated heterocycles. The van der Waals surface area contributed by atoms with Gasteiger partial charge in [-0.2, -0.15) is 0 Å². The van der Waals surface area contributed by atoms with Crippen LogP contribution in [0.3, 0.4) is 0 Å². The number of likely N-dealkylation sites (tertiary alicyclic amines) is 1. The minimum atomic E-state index is -0.712. The van der Waals surface area contributed by atoms with Crippen molar-refractivity contribution >= 4 is 0 Å². The molecule has 18 heavy (non-hydrogen) atoms. The zero-order valence-corrected chi connectivity index (χ0v) is 13.4. The van der Waals surface area contributed by atoms with E-state index in [0.29, 0.717) is 12.6 Å². The molecule has 1 rings (SSSR count). The van der Waals surface area contributed by atoms with Crippen molar-refractivity contribution in [2.45, 2.75) is 59.3 Å². The van der Waals surface area contributed by atoms with Gasteiger partial charge >= 0.3 is 0 Å². The van der Waals surface area contributed by atoms with Gasteiger partial charge in [-0.15, -0.1) is 0 Å². The van der Waals surface area contributed by atoms with Gasteiger partial charge in [0.1, 0.15) is 6.17 Å². The topological polar surface area (TPSA) is 6.48 Å². The van der Waals surface area contributed by atoms with E-state index in [0.717, 1.165) is 6.54 Å². The fourth-order valence-corrected chi connectivity index (χ4v) is 3.30. The third kappa shape index (κ3) is 3.45. The van der Waals surface area contributed by atoms with E-state index >= 15 is 0 Å². The van der Waals surface area contributed by atoms with Crippen LogP contribution in [0.4, 0.5) is 4.39 Å². The highest BCUT2D eigenvalue weighted by molar-refractivity contribution is 5.03. The first-order valence-corrected chi connectivity index (χ1v) is 7.00. The van der Waals surface area contributed by atoms with Gasteiger partial charge in [-0.25, -0.2) is 4.39 Å². The van der Waals surface area contributed by atoms with Crippen molar-refractivity contribution in [1.29, 1.82) is 0 Å². The molecular weight excluding hydrogens is 227 g/mol. The molecule has 0 aromatic rings. The van der Waals surface area contributed by atoms with E-state index in [9.17, 15) is 4.39 Å². The Kier molecular flexibility index (Phi) is 4.49. The Morgan fingerprint density at radius 2 is 1.61 bits per heavy atom. The van der Waals surface area contributed by atoms with Crippen molar-refractivity contribution in [1.82, 2.24) is 9.80 Å². The molecule has 0 amide bonds. The molecule has 2 nitrogen and oxygen atoms in total. The van der Waals surface area contributed by atoms with Gasteiger partial charge in [0, 0.05) is 30.6 Å². The smallest absolute Gasteiger partial charge is 0.118 e. The molecule has 0 bridgehead atoms. The summed E-state index contributed by atoms with van der Waals surface area (Å²) in [4.78, 5) is 4.48. The van der Waals surface area contributed by atoms with Crippen molar-refractivity contribution in [3.8, 4) is 0 Å². The summed E-state index contributed by atoms with van der Waals surface area (Å²) in [5.41, 5.74) is 0.137. The van der Waals surface area contributed by atoms with Crippen molar-refractivity contribution in [2.24, 2.45) is 11.3 Å². The molecule has 1 fully saturated rings. The van der Waals surface area contributed by atoms with Crippen LogP contribution in [0, 0.1) is 11.3 Å². The molecule has 0 aliphatic carbocycles. The molecular formula is C15H31FN2. The average molecular weight is 258 g/mol. The molecule has 3 heteroatoms. The Labute approximate surface area is 113 Å². The first-order chi connectivity index (χ1) is 7.94. The normalized spacial score (nSPS) is 31.3. The Bertz CT molecular complexity index is 275. The van der Waals surface area contributed by atoms with E-state index in [1.807, 2.05) is 14.1 Å². The standard InChI is InChI=1S/C15H31FN2/c1-14(2,3)13-11(9-17(7)8)12(16)10-18(13)15(4,5)6/h11-13H,9-10H2,1-8H3/t11-,12-,13-/m0/s1. The number of nitrogens with zero attached hydrogens (tertiary/aromatic N) is 2. The lowest BCUT2D eigenvalue weighted by atomic mass is 9.78. The Balaban J connectivity index is 3.04. The quantitative estimate of drug-likeness (QED) is 0.751. The number of halogens is 1. The zero-order valence-electron chi connectivity index (χ0n) is 13.4. The first kappa shape index (κ1) is 15.9. The van der Waals surface area contributed by atoms with Crippen LogP contribution >= 0.6 is 0 Å². The molecule has 1 aliphatic heterocycles. The molecule has 0 spiro atoms. The average Bonchev–Trinajstić information content (AvgIpc) is 2.41. The van der Waals surface area contributed by atoms with Crippen molar-refractivity contribution in [2.75, 3.05) is 27.2 Å². The highest BCUT2D eigenvalue weighted by Gasteiger charge is 2.50. The number of hydrogen-bond donors (Lipinski definition) is 0. The number of hydrogen-bond acceptors (Lipinski definition) is 2. The Morgan fingerprint density at radius 1 is 1.11 bits per heavy atom. The summed E-state index contributed by atoms with van der Waals surface area (Å²) in [7, 11) is 4.07. The predicted octanol–water partition coefficient (Wildman–Crippen LogP) is 3.03. The van der Waals surface area contributed by atoms with Gasteiger partial charge < -0.3 is 4.90 Å². The number of rotatable bonds is 2. The van der Waals surface area contributed by atoms with Crippen LogP contribution < -0.4 is 0 Å². The fraction of sp³-hybridized carbons (Fsp3) is 1.00. The molecule has 0 aromatic carbocycles. The van der Waals surface area contributed by atoms with Crippen LogP contribution in [-0.2, 0) is 0 Å². The van der Waals surface area contributed by atoms with Gasteiger partial charge in [-0.1, -0.05) is 20.8 Å². The molecule has 0 saturated carbocycles. The lowest BCUT2D eigenvalue weighted by molar-refractivity contribution is 0.0338. The molecule has 3 atom stereocenters. The second-order valence-electron chi connectivity index (χ2n) is 8.08. The Morgan fingerprint density at radius 3 is 1.94 bits per heavy atom. The summed E-state index contributed by atoms with van der Waals surface area (Å²) in [6.45, 7) is 14.7. The minimum Gasteiger partial charge on any atom is -0.309 e. The minimum absolute atomic E-state index is 0.0311. The third-order valence-electron chi connectivity index (χ3n) is 3.90. The lowest BCUT2D eigenvalue weighted by Crippen LogP contribution is -2.52. The van der Waals surface area contributed by atoms with Gasteiger partial charge in [0.15, 0.2) is 0 Å². The highest BCUT2D eigenvalue weighted by atomic mass is 19.1. The zero-order chi connectivity index (χ0) is 14.3. The van der Waals surface area contributed by atoms with Crippen LogP contribution in [-0.4, -0.2) is 54.7 Å². The van der Waals surface area contributed by atoms with E-state index in [-0.39, 0.29) is 16.9 Å². The molecule has 0 aromatic heterocycles. The van der Waals surface area contributed by atoms with Gasteiger partial charge in [0.2, 0.25) is 0 Å². The maximum absolute atomic E-state index is 14.4. The summed E-state index contributed by atoms with van der Waals surface area (Å²) in [6, 6.07) is 0.301. The lowest BCUT2D eigenvalue weighted by Gasteiger charge is -2.45. The number of alkyl halides is 1. The Hall–Kier alpha value is -0.150. The van der Waals surface area contributed by atoms with Gasteiger partial charge in [-0.3, -0.25) is 4.90 Å². The summed E-state index contributed by atoms with van der Waals surface area (Å²) in [5.74, 6) is 0.110. The maximum Gasteiger partial charge on any atom is 0.118 e. The van der Waals surface area contributed by atoms with E-state index < -0.39 is 6.17 Å². The van der Waals surface area contributed by atoms with Crippen molar-refractivity contribution in [3.05, 3.63) is 0 Å². The van der Waals surface area contributed by atoms with Gasteiger partial charge in [0.25, 0.3) is 0 Å². The van der Waals surface area contributed by atoms with Crippen LogP contribution in [0.15, 0.2) is 0 Å². The van der Waals surface area contributed by atoms with E-state index in [1.165, 1.54) is 0 Å². The van der Waals surface area contributed by atoms with Crippen LogP contribution in [0.1, 0.15) is 41.5 Å². The van der Waals surface area contributed by atoms with E-state index in [4.69, 9.17) is 0 Å². The van der Waals surface area contributed by atoms with Crippen LogP contribution in [0.5, 0.6) is 0 Å². The van der Waals surface area contributed by atoms with Crippen molar-refractivity contribution < 1.29 is 4.39 Å². The summed E-state index contributed by atoms with van der Waals surface area (Å²) < 4.78 is 14.4. The fourth-order valence-electron chi connectivity index (χ4n) is 3.30. The predicted molar refractivity (Wildman–Crippen MR) is 76.6 cm³/mol. The molecule has 1 aliphatic rings. The molecule has 108 valence electrons. The SMILES string of the molecule is CN(C)C[C@@H]1[C@@H](C(C)(C)C)N(C(C)(C)C)C[C@@H]1F. The molecule has 0 unspecified atom stereocenters. The summed E-state index contributed by atoms with van der Waals surface area (Å²) >= 11 is 0. The van der Waals surface area contributed by atoms with Crippen molar-refractivity contribution in [3.63, 3.8) is 0 Å². The van der Waals surface area contributed by atoms with Crippen LogP contribution in [0.25, 0.3) is 0 Å². The van der Waals surface area contributed by atoms with Gasteiger partial charge in [-0.05, 0) is 40.3 Å². The van der Waals surface area contributed by atoms with E-state index in [1.54, 1.807) is 0 Å². The largest absolute Gasteiger partial charge is 0.309 e. The second-order valence-corrected chi connectivity index (χ2v) is 8.08. The third-order valence-corrected chi connectivity index (χ3v) is 3.90. The maximum atomic E-state index is 14.4. The monoisotopic (exact) mass is 258 g/mol. The second kappa shape index (κ2) is 5.09. The van der Waals surface area contributed by atoms with Gasteiger partial charge in [0.05, 0.1) is 0 Å². The molecule has 0 radical (unpaired) electrons. The highest BCUT2D eigenvalue weighted by Crippen LogP contribution is 2.42. The summed E-state index contributed by atoms with van der Waals surface area (Å²) in [5, 5.41) is 0.